The van der Waals surface area contributed by atoms with E-state index < -0.39 is 10.0 Å². The first-order chi connectivity index (χ1) is 13.3. The van der Waals surface area contributed by atoms with Crippen LogP contribution in [-0.2, 0) is 10.0 Å². The molecule has 0 bridgehead atoms. The molecule has 3 aromatic heterocycles. The summed E-state index contributed by atoms with van der Waals surface area (Å²) in [4.78, 5) is 12.4. The van der Waals surface area contributed by atoms with E-state index in [0.29, 0.717) is 18.2 Å². The van der Waals surface area contributed by atoms with E-state index in [9.17, 15) is 8.42 Å². The number of imidazole rings is 1. The van der Waals surface area contributed by atoms with Crippen LogP contribution in [0.2, 0.25) is 0 Å². The molecular formula is C17H24N8O2S. The zero-order valence-electron chi connectivity index (χ0n) is 16.3. The summed E-state index contributed by atoms with van der Waals surface area (Å²) in [6.07, 6.45) is 4.47. The van der Waals surface area contributed by atoms with Crippen molar-refractivity contribution in [2.24, 2.45) is 0 Å². The van der Waals surface area contributed by atoms with Gasteiger partial charge in [-0.3, -0.25) is 0 Å². The molecule has 0 unspecified atom stereocenters. The van der Waals surface area contributed by atoms with Crippen molar-refractivity contribution in [3.8, 4) is 5.82 Å². The molecule has 3 aromatic rings. The molecule has 0 aliphatic heterocycles. The van der Waals surface area contributed by atoms with E-state index in [1.54, 1.807) is 15.3 Å². The number of aromatic nitrogens is 6. The Bertz CT molecular complexity index is 1050. The van der Waals surface area contributed by atoms with Gasteiger partial charge in [0.15, 0.2) is 10.8 Å². The second-order valence-electron chi connectivity index (χ2n) is 6.68. The van der Waals surface area contributed by atoms with Gasteiger partial charge in [-0.15, -0.1) is 0 Å². The molecule has 0 radical (unpaired) electrons. The average molecular weight is 405 g/mol. The second kappa shape index (κ2) is 8.07. The maximum absolute atomic E-state index is 12.3. The van der Waals surface area contributed by atoms with Gasteiger partial charge in [0, 0.05) is 37.1 Å². The number of aryl methyl sites for hydroxylation is 2. The monoisotopic (exact) mass is 404 g/mol. The third-order valence-electron chi connectivity index (χ3n) is 4.05. The first kappa shape index (κ1) is 20.0. The summed E-state index contributed by atoms with van der Waals surface area (Å²) in [6, 6.07) is 3.87. The van der Waals surface area contributed by atoms with E-state index in [2.05, 4.69) is 30.1 Å². The quantitative estimate of drug-likeness (QED) is 0.545. The predicted molar refractivity (Wildman–Crippen MR) is 105 cm³/mol. The van der Waals surface area contributed by atoms with Crippen molar-refractivity contribution in [1.29, 1.82) is 0 Å². The molecule has 0 spiro atoms. The van der Waals surface area contributed by atoms with Crippen molar-refractivity contribution in [1.82, 2.24) is 34.0 Å². The van der Waals surface area contributed by atoms with Crippen LogP contribution < -0.4 is 10.0 Å². The van der Waals surface area contributed by atoms with Crippen molar-refractivity contribution in [3.63, 3.8) is 0 Å². The molecule has 0 aromatic carbocycles. The molecule has 0 saturated heterocycles. The van der Waals surface area contributed by atoms with E-state index in [1.165, 1.54) is 18.9 Å². The first-order valence-corrected chi connectivity index (χ1v) is 10.4. The number of nitrogens with zero attached hydrogens (tertiary/aromatic N) is 6. The topological polar surface area (TPSA) is 120 Å². The molecule has 0 saturated carbocycles. The molecule has 3 rings (SSSR count). The highest BCUT2D eigenvalue weighted by Gasteiger charge is 2.17. The minimum atomic E-state index is -3.65. The lowest BCUT2D eigenvalue weighted by Gasteiger charge is -2.09. The van der Waals surface area contributed by atoms with Crippen molar-refractivity contribution < 1.29 is 8.42 Å². The second-order valence-corrected chi connectivity index (χ2v) is 8.39. The van der Waals surface area contributed by atoms with E-state index in [-0.39, 0.29) is 17.6 Å². The number of rotatable bonds is 8. The minimum absolute atomic E-state index is 0.00931. The van der Waals surface area contributed by atoms with E-state index in [1.807, 2.05) is 33.8 Å². The lowest BCUT2D eigenvalue weighted by atomic mass is 10.4. The molecule has 0 aliphatic rings. The van der Waals surface area contributed by atoms with Crippen LogP contribution in [0.5, 0.6) is 0 Å². The van der Waals surface area contributed by atoms with Gasteiger partial charge in [0.2, 0.25) is 0 Å². The van der Waals surface area contributed by atoms with E-state index >= 15 is 0 Å². The summed E-state index contributed by atoms with van der Waals surface area (Å²) in [5.74, 6) is 1.23. The van der Waals surface area contributed by atoms with Crippen molar-refractivity contribution >= 4 is 15.8 Å². The minimum Gasteiger partial charge on any atom is -0.369 e. The maximum Gasteiger partial charge on any atom is 0.259 e. The summed E-state index contributed by atoms with van der Waals surface area (Å²) in [6.45, 7) is 8.33. The third-order valence-corrected chi connectivity index (χ3v) is 5.40. The van der Waals surface area contributed by atoms with Crippen LogP contribution in [0.3, 0.4) is 0 Å². The summed E-state index contributed by atoms with van der Waals surface area (Å²) in [7, 11) is -3.65. The Morgan fingerprint density at radius 1 is 1.11 bits per heavy atom. The summed E-state index contributed by atoms with van der Waals surface area (Å²) in [5.41, 5.74) is 1.87. The highest BCUT2D eigenvalue weighted by atomic mass is 32.2. The Balaban J connectivity index is 1.58. The lowest BCUT2D eigenvalue weighted by molar-refractivity contribution is 0.577. The standard InChI is InChI=1S/C17H24N8O2S/c1-12(2)24-9-17(21-11-24)28(26,27)22-6-5-18-15-8-16(20-10-19-15)25-14(4)7-13(3)23-25/h7-12,22H,5-6H2,1-4H3,(H,18,19,20). The summed E-state index contributed by atoms with van der Waals surface area (Å²) < 4.78 is 30.6. The predicted octanol–water partition coefficient (Wildman–Crippen LogP) is 1.45. The molecule has 10 nitrogen and oxygen atoms in total. The highest BCUT2D eigenvalue weighted by Crippen LogP contribution is 2.12. The van der Waals surface area contributed by atoms with Gasteiger partial charge in [0.05, 0.1) is 12.0 Å². The van der Waals surface area contributed by atoms with Gasteiger partial charge in [-0.2, -0.15) is 5.10 Å². The fraction of sp³-hybridized carbons (Fsp3) is 0.412. The summed E-state index contributed by atoms with van der Waals surface area (Å²) in [5, 5.41) is 7.49. The molecule has 0 amide bonds. The average Bonchev–Trinajstić information content (AvgIpc) is 3.26. The van der Waals surface area contributed by atoms with Gasteiger partial charge in [-0.25, -0.2) is 32.8 Å². The lowest BCUT2D eigenvalue weighted by Crippen LogP contribution is -2.29. The van der Waals surface area contributed by atoms with Gasteiger partial charge in [-0.1, -0.05) is 0 Å². The van der Waals surface area contributed by atoms with Crippen LogP contribution in [0.4, 0.5) is 5.82 Å². The SMILES string of the molecule is Cc1cc(C)n(-c2cc(NCCNS(=O)(=O)c3cn(C(C)C)cn3)ncn2)n1. The van der Waals surface area contributed by atoms with Gasteiger partial charge < -0.3 is 9.88 Å². The molecule has 0 aliphatic carbocycles. The van der Waals surface area contributed by atoms with Crippen molar-refractivity contribution in [2.45, 2.75) is 38.8 Å². The van der Waals surface area contributed by atoms with Crippen LogP contribution in [0.1, 0.15) is 31.3 Å². The Morgan fingerprint density at radius 2 is 1.89 bits per heavy atom. The van der Waals surface area contributed by atoms with Crippen LogP contribution in [0.15, 0.2) is 36.0 Å². The Kier molecular flexibility index (Phi) is 5.75. The van der Waals surface area contributed by atoms with Gasteiger partial charge >= 0.3 is 0 Å². The van der Waals surface area contributed by atoms with Gasteiger partial charge in [-0.05, 0) is 33.8 Å². The molecule has 150 valence electrons. The van der Waals surface area contributed by atoms with Crippen molar-refractivity contribution in [3.05, 3.63) is 42.4 Å². The third kappa shape index (κ3) is 4.54. The van der Waals surface area contributed by atoms with E-state index in [4.69, 9.17) is 0 Å². The molecular weight excluding hydrogens is 380 g/mol. The molecule has 0 fully saturated rings. The molecule has 28 heavy (non-hydrogen) atoms. The fourth-order valence-electron chi connectivity index (χ4n) is 2.61. The fourth-order valence-corrected chi connectivity index (χ4v) is 3.57. The normalized spacial score (nSPS) is 11.9. The molecule has 2 N–H and O–H groups in total. The van der Waals surface area contributed by atoms with Crippen LogP contribution in [-0.4, -0.2) is 50.8 Å². The van der Waals surface area contributed by atoms with Gasteiger partial charge in [0.25, 0.3) is 10.0 Å². The first-order valence-electron chi connectivity index (χ1n) is 8.89. The van der Waals surface area contributed by atoms with Crippen LogP contribution >= 0.6 is 0 Å². The van der Waals surface area contributed by atoms with Crippen LogP contribution in [0, 0.1) is 13.8 Å². The number of nitrogens with one attached hydrogen (secondary N) is 2. The smallest absolute Gasteiger partial charge is 0.259 e. The summed E-state index contributed by atoms with van der Waals surface area (Å²) >= 11 is 0. The Morgan fingerprint density at radius 3 is 2.54 bits per heavy atom. The molecule has 11 heteroatoms. The van der Waals surface area contributed by atoms with E-state index in [0.717, 1.165) is 11.4 Å². The number of anilines is 1. The Hall–Kier alpha value is -2.79. The van der Waals surface area contributed by atoms with Crippen molar-refractivity contribution in [2.75, 3.05) is 18.4 Å². The zero-order valence-corrected chi connectivity index (χ0v) is 17.1. The van der Waals surface area contributed by atoms with Crippen LogP contribution in [0.25, 0.3) is 5.82 Å². The largest absolute Gasteiger partial charge is 0.369 e. The maximum atomic E-state index is 12.3. The number of hydrogen-bond donors (Lipinski definition) is 2. The Labute approximate surface area is 164 Å². The molecule has 0 atom stereocenters. The highest BCUT2D eigenvalue weighted by molar-refractivity contribution is 7.89. The number of sulfonamides is 1. The molecule has 3 heterocycles. The zero-order chi connectivity index (χ0) is 20.3. The van der Waals surface area contributed by atoms with Gasteiger partial charge in [0.1, 0.15) is 12.1 Å². The number of hydrogen-bond acceptors (Lipinski definition) is 7.